The lowest BCUT2D eigenvalue weighted by atomic mass is 10.2. The Morgan fingerprint density at radius 1 is 1.38 bits per heavy atom. The number of aromatic nitrogens is 2. The maximum atomic E-state index is 12.3. The van der Waals surface area contributed by atoms with E-state index in [2.05, 4.69) is 15.2 Å². The molecule has 2 aromatic rings. The van der Waals surface area contributed by atoms with Crippen molar-refractivity contribution in [2.45, 2.75) is 19.9 Å². The highest BCUT2D eigenvalue weighted by atomic mass is 35.5. The first-order valence-electron chi connectivity index (χ1n) is 8.43. The Labute approximate surface area is 146 Å². The molecule has 0 atom stereocenters. The number of rotatable bonds is 6. The number of halogens is 1. The molecule has 130 valence electrons. The lowest BCUT2D eigenvalue weighted by Crippen LogP contribution is -2.38. The average molecular weight is 351 g/mol. The van der Waals surface area contributed by atoms with Gasteiger partial charge in [-0.15, -0.1) is 0 Å². The van der Waals surface area contributed by atoms with E-state index in [0.717, 1.165) is 56.8 Å². The van der Waals surface area contributed by atoms with Crippen LogP contribution in [0.4, 0.5) is 0 Å². The standard InChI is InChI=1S/C17H23ClN4O2/c1-2-22-15-5-4-13(12-14(15)20-17(22)18)16(23)19-6-3-7-21-8-10-24-11-9-21/h4-5,12H,2-3,6-11H2,1H3,(H,19,23). The molecule has 1 N–H and O–H groups in total. The summed E-state index contributed by atoms with van der Waals surface area (Å²) >= 11 is 6.11. The van der Waals surface area contributed by atoms with Crippen LogP contribution in [0.5, 0.6) is 0 Å². The summed E-state index contributed by atoms with van der Waals surface area (Å²) in [7, 11) is 0. The molecule has 1 fully saturated rings. The number of nitrogens with one attached hydrogen (secondary N) is 1. The van der Waals surface area contributed by atoms with E-state index >= 15 is 0 Å². The molecular weight excluding hydrogens is 328 g/mol. The number of fused-ring (bicyclic) bond motifs is 1. The number of benzene rings is 1. The van der Waals surface area contributed by atoms with E-state index in [4.69, 9.17) is 16.3 Å². The maximum Gasteiger partial charge on any atom is 0.251 e. The minimum Gasteiger partial charge on any atom is -0.379 e. The summed E-state index contributed by atoms with van der Waals surface area (Å²) in [6.07, 6.45) is 0.935. The van der Waals surface area contributed by atoms with E-state index in [9.17, 15) is 4.79 Å². The molecule has 1 aromatic carbocycles. The highest BCUT2D eigenvalue weighted by Gasteiger charge is 2.12. The smallest absolute Gasteiger partial charge is 0.251 e. The molecule has 7 heteroatoms. The van der Waals surface area contributed by atoms with Gasteiger partial charge in [-0.2, -0.15) is 0 Å². The van der Waals surface area contributed by atoms with Gasteiger partial charge in [-0.05, 0) is 49.7 Å². The minimum atomic E-state index is -0.0685. The summed E-state index contributed by atoms with van der Waals surface area (Å²) < 4.78 is 7.24. The van der Waals surface area contributed by atoms with Crippen LogP contribution in [0.3, 0.4) is 0 Å². The molecule has 1 aliphatic rings. The lowest BCUT2D eigenvalue weighted by molar-refractivity contribution is 0.0374. The van der Waals surface area contributed by atoms with Crippen molar-refractivity contribution >= 4 is 28.5 Å². The number of morpholine rings is 1. The molecular formula is C17H23ClN4O2. The first-order valence-corrected chi connectivity index (χ1v) is 8.81. The van der Waals surface area contributed by atoms with Gasteiger partial charge in [0.1, 0.15) is 0 Å². The molecule has 0 aliphatic carbocycles. The second-order valence-electron chi connectivity index (χ2n) is 5.89. The van der Waals surface area contributed by atoms with Gasteiger partial charge in [0.2, 0.25) is 5.28 Å². The maximum absolute atomic E-state index is 12.3. The second-order valence-corrected chi connectivity index (χ2v) is 6.23. The van der Waals surface area contributed by atoms with Crippen molar-refractivity contribution in [3.63, 3.8) is 0 Å². The van der Waals surface area contributed by atoms with Crippen LogP contribution in [-0.4, -0.2) is 59.8 Å². The predicted octanol–water partition coefficient (Wildman–Crippen LogP) is 2.16. The number of aryl methyl sites for hydroxylation is 1. The largest absolute Gasteiger partial charge is 0.379 e. The molecule has 0 spiro atoms. The summed E-state index contributed by atoms with van der Waals surface area (Å²) in [5, 5.41) is 3.43. The fourth-order valence-corrected chi connectivity index (χ4v) is 3.28. The number of amides is 1. The van der Waals surface area contributed by atoms with Gasteiger partial charge in [0, 0.05) is 31.7 Å². The van der Waals surface area contributed by atoms with Gasteiger partial charge in [0.05, 0.1) is 24.2 Å². The van der Waals surface area contributed by atoms with Crippen molar-refractivity contribution in [3.8, 4) is 0 Å². The molecule has 0 unspecified atom stereocenters. The summed E-state index contributed by atoms with van der Waals surface area (Å²) in [5.41, 5.74) is 2.32. The number of nitrogens with zero attached hydrogens (tertiary/aromatic N) is 3. The Morgan fingerprint density at radius 3 is 2.92 bits per heavy atom. The molecule has 0 saturated carbocycles. The number of carbonyl (C=O) groups excluding carboxylic acids is 1. The molecule has 0 bridgehead atoms. The Hall–Kier alpha value is -1.63. The van der Waals surface area contributed by atoms with Crippen LogP contribution in [0.15, 0.2) is 18.2 Å². The van der Waals surface area contributed by atoms with Gasteiger partial charge in [0.25, 0.3) is 5.91 Å². The molecule has 3 rings (SSSR count). The number of ether oxygens (including phenoxy) is 1. The summed E-state index contributed by atoms with van der Waals surface area (Å²) in [4.78, 5) is 19.0. The zero-order valence-electron chi connectivity index (χ0n) is 13.9. The first-order chi connectivity index (χ1) is 11.7. The lowest BCUT2D eigenvalue weighted by Gasteiger charge is -2.26. The Kier molecular flexibility index (Phi) is 5.71. The molecule has 1 aromatic heterocycles. The van der Waals surface area contributed by atoms with Crippen LogP contribution < -0.4 is 5.32 Å². The zero-order valence-corrected chi connectivity index (χ0v) is 14.7. The van der Waals surface area contributed by atoms with E-state index in [1.807, 2.05) is 23.6 Å². The SMILES string of the molecule is CCn1c(Cl)nc2cc(C(=O)NCCCN3CCOCC3)ccc21. The fraction of sp³-hybridized carbons (Fsp3) is 0.529. The van der Waals surface area contributed by atoms with Gasteiger partial charge in [0.15, 0.2) is 0 Å². The van der Waals surface area contributed by atoms with Crippen molar-refractivity contribution in [3.05, 3.63) is 29.0 Å². The van der Waals surface area contributed by atoms with E-state index < -0.39 is 0 Å². The van der Waals surface area contributed by atoms with Crippen LogP contribution in [0.1, 0.15) is 23.7 Å². The molecule has 1 aliphatic heterocycles. The second kappa shape index (κ2) is 7.96. The summed E-state index contributed by atoms with van der Waals surface area (Å²) in [6, 6.07) is 5.52. The van der Waals surface area contributed by atoms with Crippen LogP contribution in [0.25, 0.3) is 11.0 Å². The van der Waals surface area contributed by atoms with Gasteiger partial charge in [-0.1, -0.05) is 0 Å². The quantitative estimate of drug-likeness (QED) is 0.811. The normalized spacial score (nSPS) is 15.8. The molecule has 6 nitrogen and oxygen atoms in total. The van der Waals surface area contributed by atoms with Gasteiger partial charge in [-0.3, -0.25) is 9.69 Å². The Balaban J connectivity index is 1.54. The van der Waals surface area contributed by atoms with Crippen molar-refractivity contribution < 1.29 is 9.53 Å². The Morgan fingerprint density at radius 2 is 2.17 bits per heavy atom. The van der Waals surface area contributed by atoms with Gasteiger partial charge < -0.3 is 14.6 Å². The summed E-state index contributed by atoms with van der Waals surface area (Å²) in [6.45, 7) is 7.98. The van der Waals surface area contributed by atoms with E-state index in [1.54, 1.807) is 6.07 Å². The van der Waals surface area contributed by atoms with Crippen LogP contribution in [0, 0.1) is 0 Å². The third-order valence-electron chi connectivity index (χ3n) is 4.32. The molecule has 1 amide bonds. The molecule has 1 saturated heterocycles. The van der Waals surface area contributed by atoms with Gasteiger partial charge in [-0.25, -0.2) is 4.98 Å². The topological polar surface area (TPSA) is 59.4 Å². The number of imidazole rings is 1. The van der Waals surface area contributed by atoms with Crippen molar-refractivity contribution in [2.24, 2.45) is 0 Å². The molecule has 24 heavy (non-hydrogen) atoms. The van der Waals surface area contributed by atoms with Gasteiger partial charge >= 0.3 is 0 Å². The van der Waals surface area contributed by atoms with Crippen LogP contribution in [0.2, 0.25) is 5.28 Å². The highest BCUT2D eigenvalue weighted by molar-refractivity contribution is 6.29. The third-order valence-corrected chi connectivity index (χ3v) is 4.61. The van der Waals surface area contributed by atoms with Crippen LogP contribution >= 0.6 is 11.6 Å². The number of hydrogen-bond acceptors (Lipinski definition) is 4. The molecule has 0 radical (unpaired) electrons. The average Bonchev–Trinajstić information content (AvgIpc) is 2.93. The molecule has 2 heterocycles. The minimum absolute atomic E-state index is 0.0685. The third kappa shape index (κ3) is 3.88. The predicted molar refractivity (Wildman–Crippen MR) is 94.6 cm³/mol. The van der Waals surface area contributed by atoms with Crippen molar-refractivity contribution in [1.82, 2.24) is 19.8 Å². The van der Waals surface area contributed by atoms with Crippen molar-refractivity contribution in [2.75, 3.05) is 39.4 Å². The number of hydrogen-bond donors (Lipinski definition) is 1. The van der Waals surface area contributed by atoms with Crippen molar-refractivity contribution in [1.29, 1.82) is 0 Å². The monoisotopic (exact) mass is 350 g/mol. The number of carbonyl (C=O) groups is 1. The Bertz CT molecular complexity index is 710. The zero-order chi connectivity index (χ0) is 16.9. The summed E-state index contributed by atoms with van der Waals surface area (Å²) in [5.74, 6) is -0.0685. The van der Waals surface area contributed by atoms with E-state index in [1.165, 1.54) is 0 Å². The highest BCUT2D eigenvalue weighted by Crippen LogP contribution is 2.20. The first kappa shape index (κ1) is 17.2. The van der Waals surface area contributed by atoms with Crippen LogP contribution in [-0.2, 0) is 11.3 Å². The van der Waals surface area contributed by atoms with E-state index in [-0.39, 0.29) is 5.91 Å². The van der Waals surface area contributed by atoms with E-state index in [0.29, 0.717) is 17.4 Å². The fourth-order valence-electron chi connectivity index (χ4n) is 2.97.